The van der Waals surface area contributed by atoms with Gasteiger partial charge in [0.2, 0.25) is 0 Å². The zero-order chi connectivity index (χ0) is 14.7. The van der Waals surface area contributed by atoms with Crippen LogP contribution in [0.5, 0.6) is 0 Å². The summed E-state index contributed by atoms with van der Waals surface area (Å²) in [5.41, 5.74) is 6.49. The monoisotopic (exact) mass is 276 g/mol. The fraction of sp³-hybridized carbons (Fsp3) is 0.600. The van der Waals surface area contributed by atoms with Crippen molar-refractivity contribution in [3.8, 4) is 0 Å². The smallest absolute Gasteiger partial charge is 0.255 e. The molecule has 2 atom stereocenters. The maximum Gasteiger partial charge on any atom is 0.255 e. The largest absolute Gasteiger partial charge is 0.363 e. The number of nitrogens with zero attached hydrogens (tertiary/aromatic N) is 3. The van der Waals surface area contributed by atoms with Gasteiger partial charge in [0.25, 0.3) is 5.91 Å². The Morgan fingerprint density at radius 2 is 2.25 bits per heavy atom. The van der Waals surface area contributed by atoms with Crippen molar-refractivity contribution in [1.29, 1.82) is 0 Å². The molecule has 2 N–H and O–H groups in total. The number of amides is 1. The fourth-order valence-corrected chi connectivity index (χ4v) is 2.80. The lowest BCUT2D eigenvalue weighted by Crippen LogP contribution is -2.51. The number of hydrogen-bond donors (Lipinski definition) is 1. The van der Waals surface area contributed by atoms with Crippen molar-refractivity contribution in [2.45, 2.75) is 25.8 Å². The summed E-state index contributed by atoms with van der Waals surface area (Å²) in [5, 5.41) is 0. The average molecular weight is 276 g/mol. The molecule has 1 aliphatic heterocycles. The molecule has 5 nitrogen and oxygen atoms in total. The molecule has 0 spiro atoms. The van der Waals surface area contributed by atoms with Crippen molar-refractivity contribution in [2.24, 2.45) is 11.7 Å². The summed E-state index contributed by atoms with van der Waals surface area (Å²) in [4.78, 5) is 20.8. The Bertz CT molecular complexity index is 457. The van der Waals surface area contributed by atoms with Crippen LogP contribution in [-0.4, -0.2) is 49.0 Å². The predicted molar refractivity (Wildman–Crippen MR) is 80.8 cm³/mol. The van der Waals surface area contributed by atoms with E-state index in [9.17, 15) is 4.79 Å². The number of carbonyl (C=O) groups is 1. The van der Waals surface area contributed by atoms with E-state index in [1.165, 1.54) is 0 Å². The molecule has 1 aromatic heterocycles. The number of pyridine rings is 1. The third-order valence-electron chi connectivity index (χ3n) is 4.07. The molecule has 1 saturated heterocycles. The van der Waals surface area contributed by atoms with Crippen LogP contribution < -0.4 is 10.6 Å². The van der Waals surface area contributed by atoms with E-state index < -0.39 is 0 Å². The van der Waals surface area contributed by atoms with Crippen LogP contribution >= 0.6 is 0 Å². The summed E-state index contributed by atoms with van der Waals surface area (Å²) in [5.74, 6) is 1.36. The van der Waals surface area contributed by atoms with Crippen molar-refractivity contribution in [3.05, 3.63) is 23.9 Å². The highest BCUT2D eigenvalue weighted by atomic mass is 16.2. The van der Waals surface area contributed by atoms with Crippen LogP contribution in [0.1, 0.15) is 30.1 Å². The van der Waals surface area contributed by atoms with Crippen molar-refractivity contribution in [1.82, 2.24) is 9.88 Å². The molecule has 0 aliphatic carbocycles. The Labute approximate surface area is 120 Å². The third-order valence-corrected chi connectivity index (χ3v) is 4.07. The van der Waals surface area contributed by atoms with E-state index in [-0.39, 0.29) is 11.9 Å². The van der Waals surface area contributed by atoms with Gasteiger partial charge in [-0.1, -0.05) is 6.92 Å². The van der Waals surface area contributed by atoms with Crippen LogP contribution in [0.15, 0.2) is 18.3 Å². The van der Waals surface area contributed by atoms with Gasteiger partial charge >= 0.3 is 0 Å². The summed E-state index contributed by atoms with van der Waals surface area (Å²) in [7, 11) is 3.86. The first-order valence-corrected chi connectivity index (χ1v) is 7.19. The minimum Gasteiger partial charge on any atom is -0.363 e. The molecule has 0 saturated carbocycles. The van der Waals surface area contributed by atoms with Crippen LogP contribution in [0, 0.1) is 5.92 Å². The molecule has 1 aliphatic rings. The Balaban J connectivity index is 2.17. The molecule has 0 bridgehead atoms. The van der Waals surface area contributed by atoms with Gasteiger partial charge in [-0.3, -0.25) is 4.79 Å². The van der Waals surface area contributed by atoms with Crippen LogP contribution in [0.4, 0.5) is 5.82 Å². The molecule has 110 valence electrons. The van der Waals surface area contributed by atoms with Crippen molar-refractivity contribution >= 4 is 11.7 Å². The highest BCUT2D eigenvalue weighted by molar-refractivity contribution is 5.94. The molecule has 0 aromatic carbocycles. The molecule has 1 amide bonds. The Morgan fingerprint density at radius 3 is 2.80 bits per heavy atom. The first kappa shape index (κ1) is 14.8. The third kappa shape index (κ3) is 2.93. The maximum atomic E-state index is 12.6. The highest BCUT2D eigenvalue weighted by Crippen LogP contribution is 2.24. The zero-order valence-corrected chi connectivity index (χ0v) is 12.5. The van der Waals surface area contributed by atoms with E-state index in [0.717, 1.165) is 25.2 Å². The number of nitrogens with two attached hydrogens (primary N) is 1. The van der Waals surface area contributed by atoms with Gasteiger partial charge in [-0.25, -0.2) is 4.98 Å². The van der Waals surface area contributed by atoms with Gasteiger partial charge in [0.05, 0.1) is 5.56 Å². The van der Waals surface area contributed by atoms with Gasteiger partial charge in [-0.15, -0.1) is 0 Å². The van der Waals surface area contributed by atoms with Gasteiger partial charge in [-0.05, 0) is 30.9 Å². The van der Waals surface area contributed by atoms with E-state index in [2.05, 4.69) is 11.9 Å². The van der Waals surface area contributed by atoms with Gasteiger partial charge < -0.3 is 15.5 Å². The standard InChI is InChI=1S/C15H24N4O/c1-11-5-4-8-19(13(11)9-16)15(20)12-6-7-14(17-10-12)18(2)3/h6-7,10-11,13H,4-5,8-9,16H2,1-3H3/t11-,13+/m0/s1. The topological polar surface area (TPSA) is 62.5 Å². The first-order valence-electron chi connectivity index (χ1n) is 7.19. The van der Waals surface area contributed by atoms with E-state index in [1.54, 1.807) is 6.20 Å². The number of anilines is 1. The van der Waals surface area contributed by atoms with Crippen LogP contribution in [0.3, 0.4) is 0 Å². The Hall–Kier alpha value is -1.62. The van der Waals surface area contributed by atoms with Crippen LogP contribution in [0.2, 0.25) is 0 Å². The molecule has 0 unspecified atom stereocenters. The Morgan fingerprint density at radius 1 is 1.50 bits per heavy atom. The van der Waals surface area contributed by atoms with Crippen molar-refractivity contribution in [2.75, 3.05) is 32.1 Å². The second-order valence-electron chi connectivity index (χ2n) is 5.72. The van der Waals surface area contributed by atoms with E-state index >= 15 is 0 Å². The summed E-state index contributed by atoms with van der Waals surface area (Å²) in [6, 6.07) is 3.86. The molecule has 1 fully saturated rings. The van der Waals surface area contributed by atoms with E-state index in [0.29, 0.717) is 18.0 Å². The van der Waals surface area contributed by atoms with E-state index in [4.69, 9.17) is 5.73 Å². The van der Waals surface area contributed by atoms with Crippen molar-refractivity contribution in [3.63, 3.8) is 0 Å². The second kappa shape index (κ2) is 6.22. The van der Waals surface area contributed by atoms with Crippen LogP contribution in [0.25, 0.3) is 0 Å². The molecule has 0 radical (unpaired) electrons. The lowest BCUT2D eigenvalue weighted by molar-refractivity contribution is 0.0532. The summed E-state index contributed by atoms with van der Waals surface area (Å²) in [6.45, 7) is 3.49. The molecule has 2 heterocycles. The van der Waals surface area contributed by atoms with E-state index in [1.807, 2.05) is 36.0 Å². The number of aromatic nitrogens is 1. The summed E-state index contributed by atoms with van der Waals surface area (Å²) >= 11 is 0. The minimum atomic E-state index is 0.0461. The molecular weight excluding hydrogens is 252 g/mol. The predicted octanol–water partition coefficient (Wildman–Crippen LogP) is 1.35. The first-order chi connectivity index (χ1) is 9.54. The number of hydrogen-bond acceptors (Lipinski definition) is 4. The molecule has 20 heavy (non-hydrogen) atoms. The Kier molecular flexibility index (Phi) is 4.60. The lowest BCUT2D eigenvalue weighted by Gasteiger charge is -2.39. The van der Waals surface area contributed by atoms with Gasteiger partial charge in [-0.2, -0.15) is 0 Å². The van der Waals surface area contributed by atoms with Crippen molar-refractivity contribution < 1.29 is 4.79 Å². The summed E-state index contributed by atoms with van der Waals surface area (Å²) in [6.07, 6.45) is 3.85. The lowest BCUT2D eigenvalue weighted by atomic mass is 9.90. The van der Waals surface area contributed by atoms with Gasteiger partial charge in [0.15, 0.2) is 0 Å². The molecule has 2 rings (SSSR count). The maximum absolute atomic E-state index is 12.6. The quantitative estimate of drug-likeness (QED) is 0.905. The fourth-order valence-electron chi connectivity index (χ4n) is 2.80. The summed E-state index contributed by atoms with van der Waals surface area (Å²) < 4.78 is 0. The second-order valence-corrected chi connectivity index (χ2v) is 5.72. The molecular formula is C15H24N4O. The minimum absolute atomic E-state index is 0.0461. The van der Waals surface area contributed by atoms with Gasteiger partial charge in [0.1, 0.15) is 5.82 Å². The normalized spacial score (nSPS) is 22.7. The molecule has 5 heteroatoms. The number of piperidine rings is 1. The number of likely N-dealkylation sites (tertiary alicyclic amines) is 1. The molecule has 1 aromatic rings. The van der Waals surface area contributed by atoms with Crippen LogP contribution in [-0.2, 0) is 0 Å². The SMILES string of the molecule is C[C@H]1CCCN(C(=O)c2ccc(N(C)C)nc2)[C@@H]1CN. The number of rotatable bonds is 3. The van der Waals surface area contributed by atoms with Gasteiger partial charge in [0, 0.05) is 39.4 Å². The average Bonchev–Trinajstić information content (AvgIpc) is 2.46. The zero-order valence-electron chi connectivity index (χ0n) is 12.5. The highest BCUT2D eigenvalue weighted by Gasteiger charge is 2.31. The number of carbonyl (C=O) groups excluding carboxylic acids is 1.